The number of carboxylic acids is 1. The van der Waals surface area contributed by atoms with Crippen LogP contribution >= 0.6 is 0 Å². The van der Waals surface area contributed by atoms with Crippen LogP contribution in [0.4, 0.5) is 18.9 Å². The smallest absolute Gasteiger partial charge is 0.481 e. The molecule has 106 valence electrons. The van der Waals surface area contributed by atoms with Crippen molar-refractivity contribution in [2.75, 3.05) is 4.72 Å². The number of rotatable bonds is 4. The number of sulfonamides is 1. The van der Waals surface area contributed by atoms with Gasteiger partial charge < -0.3 is 5.11 Å². The Morgan fingerprint density at radius 3 is 2.32 bits per heavy atom. The average molecular weight is 297 g/mol. The second-order valence-corrected chi connectivity index (χ2v) is 5.37. The van der Waals surface area contributed by atoms with Gasteiger partial charge in [0.15, 0.2) is 0 Å². The maximum atomic E-state index is 12.2. The molecule has 0 aliphatic rings. The predicted molar refractivity (Wildman–Crippen MR) is 61.1 cm³/mol. The lowest BCUT2D eigenvalue weighted by atomic mass is 10.00. The number of carboxylic acid groups (broad SMARTS) is 1. The van der Waals surface area contributed by atoms with E-state index in [2.05, 4.69) is 0 Å². The lowest BCUT2D eigenvalue weighted by Crippen LogP contribution is -2.30. The Hall–Kier alpha value is -1.77. The van der Waals surface area contributed by atoms with Crippen molar-refractivity contribution in [3.63, 3.8) is 0 Å². The van der Waals surface area contributed by atoms with E-state index >= 15 is 0 Å². The van der Waals surface area contributed by atoms with Crippen LogP contribution in [0, 0.1) is 0 Å². The van der Waals surface area contributed by atoms with E-state index in [0.29, 0.717) is 0 Å². The average Bonchev–Trinajstić information content (AvgIpc) is 2.26. The van der Waals surface area contributed by atoms with Crippen LogP contribution in [0.15, 0.2) is 24.3 Å². The second kappa shape index (κ2) is 5.08. The Kier molecular flexibility index (Phi) is 4.09. The van der Waals surface area contributed by atoms with Gasteiger partial charge in [-0.2, -0.15) is 21.6 Å². The van der Waals surface area contributed by atoms with Gasteiger partial charge in [0.05, 0.1) is 11.6 Å². The molecule has 0 spiro atoms. The van der Waals surface area contributed by atoms with Crippen molar-refractivity contribution < 1.29 is 31.5 Å². The van der Waals surface area contributed by atoms with Crippen LogP contribution in [-0.4, -0.2) is 25.0 Å². The van der Waals surface area contributed by atoms with Crippen molar-refractivity contribution >= 4 is 21.7 Å². The summed E-state index contributed by atoms with van der Waals surface area (Å²) in [5, 5.41) is 8.82. The van der Waals surface area contributed by atoms with Gasteiger partial charge in [-0.25, -0.2) is 0 Å². The number of aliphatic carboxylic acids is 1. The van der Waals surface area contributed by atoms with Crippen LogP contribution in [0.25, 0.3) is 0 Å². The van der Waals surface area contributed by atoms with Crippen LogP contribution in [0.2, 0.25) is 0 Å². The highest BCUT2D eigenvalue weighted by Crippen LogP contribution is 2.30. The van der Waals surface area contributed by atoms with Crippen molar-refractivity contribution in [1.82, 2.24) is 0 Å². The summed E-state index contributed by atoms with van der Waals surface area (Å²) >= 11 is 0. The van der Waals surface area contributed by atoms with Gasteiger partial charge in [-0.15, -0.1) is 0 Å². The zero-order chi connectivity index (χ0) is 14.8. The minimum atomic E-state index is -5.58. The summed E-state index contributed by atoms with van der Waals surface area (Å²) in [4.78, 5) is 10.8. The van der Waals surface area contributed by atoms with E-state index in [-0.39, 0.29) is 5.56 Å². The Morgan fingerprint density at radius 1 is 1.32 bits per heavy atom. The zero-order valence-electron chi connectivity index (χ0n) is 9.60. The predicted octanol–water partition coefficient (Wildman–Crippen LogP) is 2.14. The number of alkyl halides is 3. The SMILES string of the molecule is CC(C(=O)O)c1ccccc1NS(=O)(=O)C(F)(F)F. The van der Waals surface area contributed by atoms with Crippen molar-refractivity contribution in [3.05, 3.63) is 29.8 Å². The molecule has 1 rings (SSSR count). The van der Waals surface area contributed by atoms with Crippen LogP contribution in [0.1, 0.15) is 18.4 Å². The fourth-order valence-electron chi connectivity index (χ4n) is 1.30. The fourth-order valence-corrected chi connectivity index (χ4v) is 1.89. The van der Waals surface area contributed by atoms with Crippen molar-refractivity contribution in [2.45, 2.75) is 18.3 Å². The minimum absolute atomic E-state index is 0.0529. The maximum absolute atomic E-state index is 12.2. The molecule has 1 aromatic rings. The number of nitrogens with one attached hydrogen (secondary N) is 1. The Labute approximate surface area is 107 Å². The number of anilines is 1. The highest BCUT2D eigenvalue weighted by atomic mass is 32.2. The molecule has 2 N–H and O–H groups in total. The molecule has 0 saturated carbocycles. The molecule has 1 atom stereocenters. The molecule has 0 fully saturated rings. The van der Waals surface area contributed by atoms with Gasteiger partial charge in [0, 0.05) is 0 Å². The van der Waals surface area contributed by atoms with Gasteiger partial charge in [-0.05, 0) is 18.6 Å². The van der Waals surface area contributed by atoms with Gasteiger partial charge in [0.25, 0.3) is 0 Å². The zero-order valence-corrected chi connectivity index (χ0v) is 10.4. The molecule has 9 heteroatoms. The van der Waals surface area contributed by atoms with E-state index in [1.54, 1.807) is 0 Å². The highest BCUT2D eigenvalue weighted by molar-refractivity contribution is 7.93. The van der Waals surface area contributed by atoms with Gasteiger partial charge in [-0.1, -0.05) is 18.2 Å². The molecule has 0 amide bonds. The number of halogens is 3. The summed E-state index contributed by atoms with van der Waals surface area (Å²) in [6, 6.07) is 5.01. The summed E-state index contributed by atoms with van der Waals surface area (Å²) in [6.45, 7) is 1.24. The number of hydrogen-bond donors (Lipinski definition) is 2. The summed E-state index contributed by atoms with van der Waals surface area (Å²) in [7, 11) is -5.58. The summed E-state index contributed by atoms with van der Waals surface area (Å²) in [5.41, 5.74) is -5.93. The van der Waals surface area contributed by atoms with E-state index < -0.39 is 33.1 Å². The molecule has 0 aliphatic carbocycles. The van der Waals surface area contributed by atoms with E-state index in [0.717, 1.165) is 6.07 Å². The molecule has 0 bridgehead atoms. The largest absolute Gasteiger partial charge is 0.516 e. The van der Waals surface area contributed by atoms with Crippen LogP contribution in [-0.2, 0) is 14.8 Å². The van der Waals surface area contributed by atoms with E-state index in [4.69, 9.17) is 5.11 Å². The monoisotopic (exact) mass is 297 g/mol. The molecule has 19 heavy (non-hydrogen) atoms. The fraction of sp³-hybridized carbons (Fsp3) is 0.300. The number of para-hydroxylation sites is 1. The minimum Gasteiger partial charge on any atom is -0.481 e. The van der Waals surface area contributed by atoms with E-state index in [1.165, 1.54) is 29.8 Å². The molecule has 0 saturated heterocycles. The lowest BCUT2D eigenvalue weighted by molar-refractivity contribution is -0.138. The van der Waals surface area contributed by atoms with E-state index in [9.17, 15) is 26.4 Å². The quantitative estimate of drug-likeness (QED) is 0.891. The third kappa shape index (κ3) is 3.37. The highest BCUT2D eigenvalue weighted by Gasteiger charge is 2.46. The van der Waals surface area contributed by atoms with Crippen LogP contribution < -0.4 is 4.72 Å². The van der Waals surface area contributed by atoms with Crippen LogP contribution in [0.3, 0.4) is 0 Å². The molecule has 0 heterocycles. The first kappa shape index (κ1) is 15.3. The normalized spacial score (nSPS) is 13.9. The van der Waals surface area contributed by atoms with Gasteiger partial charge in [-0.3, -0.25) is 9.52 Å². The molecule has 5 nitrogen and oxygen atoms in total. The third-order valence-electron chi connectivity index (χ3n) is 2.35. The first-order valence-corrected chi connectivity index (χ1v) is 6.45. The molecular formula is C10H10F3NO4S. The molecular weight excluding hydrogens is 287 g/mol. The second-order valence-electron chi connectivity index (χ2n) is 3.70. The Bertz CT molecular complexity index is 583. The van der Waals surface area contributed by atoms with Crippen molar-refractivity contribution in [1.29, 1.82) is 0 Å². The molecule has 0 aromatic heterocycles. The standard InChI is InChI=1S/C10H10F3NO4S/c1-6(9(15)16)7-4-2-3-5-8(7)14-19(17,18)10(11,12)13/h2-6,14H,1H3,(H,15,16). The van der Waals surface area contributed by atoms with Gasteiger partial charge in [0.1, 0.15) is 0 Å². The topological polar surface area (TPSA) is 83.5 Å². The molecule has 1 unspecified atom stereocenters. The lowest BCUT2D eigenvalue weighted by Gasteiger charge is -2.16. The van der Waals surface area contributed by atoms with E-state index in [1.807, 2.05) is 0 Å². The Balaban J connectivity index is 3.20. The summed E-state index contributed by atoms with van der Waals surface area (Å²) in [6.07, 6.45) is 0. The number of benzene rings is 1. The molecule has 1 aromatic carbocycles. The van der Waals surface area contributed by atoms with Gasteiger partial charge >= 0.3 is 21.5 Å². The Morgan fingerprint density at radius 2 is 1.84 bits per heavy atom. The molecule has 0 radical (unpaired) electrons. The summed E-state index contributed by atoms with van der Waals surface area (Å²) in [5.74, 6) is -2.43. The van der Waals surface area contributed by atoms with Gasteiger partial charge in [0.2, 0.25) is 0 Å². The van der Waals surface area contributed by atoms with Crippen molar-refractivity contribution in [2.24, 2.45) is 0 Å². The first-order chi connectivity index (χ1) is 8.56. The maximum Gasteiger partial charge on any atom is 0.516 e. The number of carbonyl (C=O) groups is 1. The molecule has 0 aliphatic heterocycles. The third-order valence-corrected chi connectivity index (χ3v) is 3.44. The summed E-state index contributed by atoms with van der Waals surface area (Å²) < 4.78 is 60.0. The van der Waals surface area contributed by atoms with Crippen LogP contribution in [0.5, 0.6) is 0 Å². The van der Waals surface area contributed by atoms with Crippen molar-refractivity contribution in [3.8, 4) is 0 Å². The first-order valence-electron chi connectivity index (χ1n) is 4.97. The number of hydrogen-bond acceptors (Lipinski definition) is 3.